The summed E-state index contributed by atoms with van der Waals surface area (Å²) < 4.78 is 0. The third kappa shape index (κ3) is 5.95. The van der Waals surface area contributed by atoms with E-state index in [9.17, 15) is 0 Å². The quantitative estimate of drug-likeness (QED) is 0.272. The molecule has 0 aliphatic carbocycles. The summed E-state index contributed by atoms with van der Waals surface area (Å²) in [6, 6.07) is 0. The molecule has 3 heteroatoms. The van der Waals surface area contributed by atoms with Crippen LogP contribution in [0.15, 0.2) is 5.10 Å². The van der Waals surface area contributed by atoms with E-state index in [-0.39, 0.29) is 18.9 Å². The number of hydrogen-bond acceptors (Lipinski definition) is 1. The Balaban J connectivity index is 0. The zero-order valence-electron chi connectivity index (χ0n) is 6.52. The summed E-state index contributed by atoms with van der Waals surface area (Å²) in [6.45, 7) is 4.21. The molecule has 0 fully saturated rings. The van der Waals surface area contributed by atoms with Gasteiger partial charge >= 0.3 is 18.9 Å². The van der Waals surface area contributed by atoms with E-state index in [2.05, 4.69) is 18.9 Å². The molecule has 0 aromatic heterocycles. The first-order valence-electron chi connectivity index (χ1n) is 3.05. The molecule has 0 saturated heterocycles. The van der Waals surface area contributed by atoms with Crippen LogP contribution in [-0.2, 0) is 0 Å². The standard InChI is InChI=1S/C6H13N2.Li/c1-3-6(4-2)5-8-7;/h5-7H,3-4H2,1-2H3;/q-1;+1/b8-5-;. The van der Waals surface area contributed by atoms with Gasteiger partial charge in [-0.05, 0) is 25.0 Å². The van der Waals surface area contributed by atoms with Gasteiger partial charge in [0.1, 0.15) is 0 Å². The summed E-state index contributed by atoms with van der Waals surface area (Å²) in [7, 11) is 0. The minimum atomic E-state index is 0. The van der Waals surface area contributed by atoms with E-state index in [1.54, 1.807) is 6.21 Å². The molecular formula is C6H13LiN2. The molecule has 0 saturated carbocycles. The van der Waals surface area contributed by atoms with Crippen molar-refractivity contribution in [2.24, 2.45) is 11.0 Å². The summed E-state index contributed by atoms with van der Waals surface area (Å²) in [5, 5.41) is 3.20. The molecule has 0 radical (unpaired) electrons. The first-order valence-corrected chi connectivity index (χ1v) is 3.05. The Morgan fingerprint density at radius 2 is 1.89 bits per heavy atom. The summed E-state index contributed by atoms with van der Waals surface area (Å²) in [4.78, 5) is 0. The summed E-state index contributed by atoms with van der Waals surface area (Å²) in [6.07, 6.45) is 3.89. The zero-order valence-corrected chi connectivity index (χ0v) is 6.52. The van der Waals surface area contributed by atoms with Gasteiger partial charge in [0.25, 0.3) is 0 Å². The molecule has 0 atom stereocenters. The Kier molecular flexibility index (Phi) is 10.6. The molecule has 0 aliphatic heterocycles. The molecule has 0 aromatic carbocycles. The van der Waals surface area contributed by atoms with Crippen LogP contribution >= 0.6 is 0 Å². The van der Waals surface area contributed by atoms with Gasteiger partial charge < -0.3 is 10.9 Å². The van der Waals surface area contributed by atoms with Crippen LogP contribution in [0, 0.1) is 5.92 Å². The smallest absolute Gasteiger partial charge is 0.617 e. The molecule has 48 valence electrons. The fourth-order valence-corrected chi connectivity index (χ4v) is 0.605. The fourth-order valence-electron chi connectivity index (χ4n) is 0.605. The third-order valence-electron chi connectivity index (χ3n) is 1.33. The van der Waals surface area contributed by atoms with Crippen LogP contribution in [0.25, 0.3) is 5.84 Å². The van der Waals surface area contributed by atoms with Crippen molar-refractivity contribution in [2.75, 3.05) is 0 Å². The average Bonchev–Trinajstić information content (AvgIpc) is 1.83. The Hall–Kier alpha value is 0.0674. The van der Waals surface area contributed by atoms with E-state index in [0.29, 0.717) is 5.92 Å². The molecule has 0 bridgehead atoms. The largest absolute Gasteiger partial charge is 1.00 e. The second-order valence-electron chi connectivity index (χ2n) is 1.85. The molecule has 9 heavy (non-hydrogen) atoms. The monoisotopic (exact) mass is 120 g/mol. The van der Waals surface area contributed by atoms with E-state index in [0.717, 1.165) is 12.8 Å². The van der Waals surface area contributed by atoms with E-state index in [1.807, 2.05) is 0 Å². The number of rotatable bonds is 3. The molecule has 0 rings (SSSR count). The van der Waals surface area contributed by atoms with Crippen molar-refractivity contribution in [2.45, 2.75) is 26.7 Å². The van der Waals surface area contributed by atoms with Gasteiger partial charge in [-0.25, -0.2) is 0 Å². The molecule has 0 heterocycles. The Bertz CT molecular complexity index is 69.5. The van der Waals surface area contributed by atoms with Gasteiger partial charge in [-0.2, -0.15) is 0 Å². The predicted octanol–water partition coefficient (Wildman–Crippen LogP) is -0.535. The minimum absolute atomic E-state index is 0. The van der Waals surface area contributed by atoms with Crippen LogP contribution < -0.4 is 18.9 Å². The van der Waals surface area contributed by atoms with Gasteiger partial charge in [0.05, 0.1) is 0 Å². The number of nitrogens with zero attached hydrogens (tertiary/aromatic N) is 1. The maximum atomic E-state index is 6.51. The zero-order chi connectivity index (χ0) is 6.41. The second kappa shape index (κ2) is 8.07. The third-order valence-corrected chi connectivity index (χ3v) is 1.33. The molecule has 0 spiro atoms. The molecule has 0 amide bonds. The Morgan fingerprint density at radius 3 is 2.00 bits per heavy atom. The van der Waals surface area contributed by atoms with Crippen LogP contribution in [0.5, 0.6) is 0 Å². The molecule has 0 aliphatic rings. The van der Waals surface area contributed by atoms with Gasteiger partial charge in [-0.1, -0.05) is 13.8 Å². The van der Waals surface area contributed by atoms with Gasteiger partial charge in [-0.3, -0.25) is 0 Å². The van der Waals surface area contributed by atoms with Crippen LogP contribution in [0.4, 0.5) is 0 Å². The van der Waals surface area contributed by atoms with Crippen molar-refractivity contribution >= 4 is 6.21 Å². The Labute approximate surface area is 69.1 Å². The number of nitrogens with one attached hydrogen (secondary N) is 1. The van der Waals surface area contributed by atoms with Gasteiger partial charge in [0, 0.05) is 0 Å². The molecule has 1 N–H and O–H groups in total. The van der Waals surface area contributed by atoms with E-state index in [4.69, 9.17) is 5.84 Å². The summed E-state index contributed by atoms with van der Waals surface area (Å²) in [5.74, 6) is 7.03. The minimum Gasteiger partial charge on any atom is -0.617 e. The van der Waals surface area contributed by atoms with Crippen LogP contribution in [0.3, 0.4) is 0 Å². The fraction of sp³-hybridized carbons (Fsp3) is 0.833. The second-order valence-corrected chi connectivity index (χ2v) is 1.85. The summed E-state index contributed by atoms with van der Waals surface area (Å²) >= 11 is 0. The van der Waals surface area contributed by atoms with Gasteiger partial charge in [0.15, 0.2) is 0 Å². The maximum Gasteiger partial charge on any atom is 1.00 e. The topological polar surface area (TPSA) is 36.2 Å². The van der Waals surface area contributed by atoms with E-state index >= 15 is 0 Å². The maximum absolute atomic E-state index is 6.51. The molecule has 0 unspecified atom stereocenters. The average molecular weight is 120 g/mol. The molecule has 2 nitrogen and oxygen atoms in total. The van der Waals surface area contributed by atoms with E-state index in [1.165, 1.54) is 0 Å². The first kappa shape index (κ1) is 11.8. The van der Waals surface area contributed by atoms with Crippen molar-refractivity contribution in [3.63, 3.8) is 0 Å². The SMILES string of the molecule is CCC(/C=N\[NH-])CC.[Li+]. The van der Waals surface area contributed by atoms with Gasteiger partial charge in [-0.15, -0.1) is 0 Å². The van der Waals surface area contributed by atoms with Crippen molar-refractivity contribution in [3.8, 4) is 0 Å². The number of hydrogen-bond donors (Lipinski definition) is 0. The normalized spacial score (nSPS) is 10.1. The van der Waals surface area contributed by atoms with Crippen molar-refractivity contribution in [3.05, 3.63) is 5.84 Å². The van der Waals surface area contributed by atoms with Gasteiger partial charge in [0.2, 0.25) is 0 Å². The van der Waals surface area contributed by atoms with Crippen molar-refractivity contribution in [1.29, 1.82) is 0 Å². The van der Waals surface area contributed by atoms with Crippen LogP contribution in [-0.4, -0.2) is 6.21 Å². The van der Waals surface area contributed by atoms with Crippen molar-refractivity contribution in [1.82, 2.24) is 0 Å². The Morgan fingerprint density at radius 1 is 1.44 bits per heavy atom. The molecular weight excluding hydrogens is 107 g/mol. The van der Waals surface area contributed by atoms with Crippen LogP contribution in [0.2, 0.25) is 0 Å². The molecule has 0 aromatic rings. The van der Waals surface area contributed by atoms with E-state index < -0.39 is 0 Å². The first-order chi connectivity index (χ1) is 3.85. The van der Waals surface area contributed by atoms with Crippen molar-refractivity contribution < 1.29 is 18.9 Å². The predicted molar refractivity (Wildman–Crippen MR) is 36.9 cm³/mol. The van der Waals surface area contributed by atoms with Crippen LogP contribution in [0.1, 0.15) is 26.7 Å². The summed E-state index contributed by atoms with van der Waals surface area (Å²) in [5.41, 5.74) is 0.